The number of hydrogen-bond acceptors (Lipinski definition) is 4. The van der Waals surface area contributed by atoms with Gasteiger partial charge in [0.1, 0.15) is 0 Å². The van der Waals surface area contributed by atoms with Crippen molar-refractivity contribution in [2.24, 2.45) is 0 Å². The van der Waals surface area contributed by atoms with E-state index in [4.69, 9.17) is 0 Å². The van der Waals surface area contributed by atoms with Crippen LogP contribution < -0.4 is 5.32 Å². The Balaban J connectivity index is 2.09. The number of amides is 2. The summed E-state index contributed by atoms with van der Waals surface area (Å²) in [5.41, 5.74) is 1.32. The molecule has 0 radical (unpaired) electrons. The number of hydrogen-bond donors (Lipinski definition) is 2. The molecule has 2 rings (SSSR count). The van der Waals surface area contributed by atoms with Crippen molar-refractivity contribution < 1.29 is 14.8 Å². The molecule has 22 heavy (non-hydrogen) atoms. The van der Waals surface area contributed by atoms with Crippen molar-refractivity contribution in [3.63, 3.8) is 0 Å². The van der Waals surface area contributed by atoms with Crippen molar-refractivity contribution in [2.75, 3.05) is 13.2 Å². The lowest BCUT2D eigenvalue weighted by molar-refractivity contribution is -0.385. The smallest absolute Gasteiger partial charge is 0.318 e. The van der Waals surface area contributed by atoms with E-state index in [1.54, 1.807) is 30.9 Å². The van der Waals surface area contributed by atoms with Gasteiger partial charge in [-0.1, -0.05) is 12.1 Å². The summed E-state index contributed by atoms with van der Waals surface area (Å²) in [5, 5.41) is 23.1. The number of aryl methyl sites for hydroxylation is 1. The lowest BCUT2D eigenvalue weighted by Crippen LogP contribution is -2.44. The maximum Gasteiger partial charge on any atom is 0.318 e. The van der Waals surface area contributed by atoms with Gasteiger partial charge in [0.25, 0.3) is 5.69 Å². The lowest BCUT2D eigenvalue weighted by atomic mass is 10.0. The largest absolute Gasteiger partial charge is 0.394 e. The first-order valence-corrected chi connectivity index (χ1v) is 7.37. The number of nitrogens with zero attached hydrogens (tertiary/aromatic N) is 2. The molecular formula is C15H21N3O4. The normalized spacial score (nSPS) is 19.0. The van der Waals surface area contributed by atoms with Gasteiger partial charge in [-0.05, 0) is 32.3 Å². The first-order chi connectivity index (χ1) is 10.4. The van der Waals surface area contributed by atoms with Crippen molar-refractivity contribution in [1.82, 2.24) is 10.2 Å². The number of carbonyl (C=O) groups excluding carboxylic acids is 1. The standard InChI is InChI=1S/C15H21N3O4/c1-10-5-6-12(8-14(10)18(21)22)11(2)16-15(20)17-7-3-4-13(17)9-19/h5-6,8,11,13,19H,3-4,7,9H2,1-2H3,(H,16,20)/t11?,13-/m0/s1. The molecule has 1 unspecified atom stereocenters. The van der Waals surface area contributed by atoms with Crippen LogP contribution in [0, 0.1) is 17.0 Å². The minimum absolute atomic E-state index is 0.0438. The number of nitrogens with one attached hydrogen (secondary N) is 1. The molecule has 1 heterocycles. The highest BCUT2D eigenvalue weighted by atomic mass is 16.6. The number of carbonyl (C=O) groups is 1. The van der Waals surface area contributed by atoms with Crippen LogP contribution in [-0.4, -0.2) is 40.2 Å². The molecule has 0 bridgehead atoms. The highest BCUT2D eigenvalue weighted by Crippen LogP contribution is 2.24. The average molecular weight is 307 g/mol. The second-order valence-electron chi connectivity index (χ2n) is 5.65. The van der Waals surface area contributed by atoms with Gasteiger partial charge >= 0.3 is 6.03 Å². The molecule has 0 spiro atoms. The first kappa shape index (κ1) is 16.2. The number of rotatable bonds is 4. The fourth-order valence-electron chi connectivity index (χ4n) is 2.74. The SMILES string of the molecule is Cc1ccc(C(C)NC(=O)N2CCC[C@H]2CO)cc1[N+](=O)[O-]. The van der Waals surface area contributed by atoms with Gasteiger partial charge in [-0.2, -0.15) is 0 Å². The van der Waals surface area contributed by atoms with Gasteiger partial charge in [0, 0.05) is 18.2 Å². The highest BCUT2D eigenvalue weighted by Gasteiger charge is 2.29. The molecule has 1 aliphatic heterocycles. The summed E-state index contributed by atoms with van der Waals surface area (Å²) in [6.45, 7) is 4.05. The number of aliphatic hydroxyl groups is 1. The van der Waals surface area contributed by atoms with E-state index >= 15 is 0 Å². The second kappa shape index (κ2) is 6.74. The zero-order valence-electron chi connectivity index (χ0n) is 12.8. The number of benzene rings is 1. The van der Waals surface area contributed by atoms with E-state index in [1.165, 1.54) is 6.07 Å². The molecule has 7 nitrogen and oxygen atoms in total. The molecule has 1 saturated heterocycles. The Kier molecular flexibility index (Phi) is 4.97. The molecule has 1 aromatic carbocycles. The minimum atomic E-state index is -0.421. The van der Waals surface area contributed by atoms with Gasteiger partial charge in [-0.3, -0.25) is 10.1 Å². The van der Waals surface area contributed by atoms with Crippen LogP contribution in [0.5, 0.6) is 0 Å². The third kappa shape index (κ3) is 3.36. The van der Waals surface area contributed by atoms with E-state index in [1.807, 2.05) is 0 Å². The average Bonchev–Trinajstić information content (AvgIpc) is 2.95. The van der Waals surface area contributed by atoms with Crippen molar-refractivity contribution in [3.8, 4) is 0 Å². The molecule has 1 aromatic rings. The van der Waals surface area contributed by atoms with Crippen LogP contribution >= 0.6 is 0 Å². The summed E-state index contributed by atoms with van der Waals surface area (Å²) in [6.07, 6.45) is 1.68. The molecule has 2 atom stereocenters. The van der Waals surface area contributed by atoms with E-state index in [-0.39, 0.29) is 30.4 Å². The van der Waals surface area contributed by atoms with Crippen LogP contribution in [0.2, 0.25) is 0 Å². The number of likely N-dealkylation sites (tertiary alicyclic amines) is 1. The molecule has 0 saturated carbocycles. The van der Waals surface area contributed by atoms with Crippen LogP contribution in [-0.2, 0) is 0 Å². The van der Waals surface area contributed by atoms with E-state index in [2.05, 4.69) is 5.32 Å². The summed E-state index contributed by atoms with van der Waals surface area (Å²) in [4.78, 5) is 24.4. The Bertz CT molecular complexity index is 576. The number of aliphatic hydroxyl groups excluding tert-OH is 1. The molecule has 2 amide bonds. The quantitative estimate of drug-likeness (QED) is 0.658. The summed E-state index contributed by atoms with van der Waals surface area (Å²) < 4.78 is 0. The van der Waals surface area contributed by atoms with Crippen LogP contribution in [0.4, 0.5) is 10.5 Å². The molecule has 2 N–H and O–H groups in total. The number of urea groups is 1. The maximum absolute atomic E-state index is 12.3. The molecule has 0 aromatic heterocycles. The minimum Gasteiger partial charge on any atom is -0.394 e. The van der Waals surface area contributed by atoms with Crippen molar-refractivity contribution in [1.29, 1.82) is 0 Å². The lowest BCUT2D eigenvalue weighted by Gasteiger charge is -2.25. The first-order valence-electron chi connectivity index (χ1n) is 7.37. The Morgan fingerprint density at radius 1 is 1.59 bits per heavy atom. The fourth-order valence-corrected chi connectivity index (χ4v) is 2.74. The van der Waals surface area contributed by atoms with Crippen LogP contribution in [0.15, 0.2) is 18.2 Å². The Hall–Kier alpha value is -2.15. The molecule has 0 aliphatic carbocycles. The van der Waals surface area contributed by atoms with E-state index in [0.29, 0.717) is 17.7 Å². The van der Waals surface area contributed by atoms with Crippen LogP contribution in [0.1, 0.15) is 36.9 Å². The number of nitro groups is 1. The monoisotopic (exact) mass is 307 g/mol. The van der Waals surface area contributed by atoms with Gasteiger partial charge < -0.3 is 15.3 Å². The molecule has 1 fully saturated rings. The third-order valence-electron chi connectivity index (χ3n) is 4.12. The van der Waals surface area contributed by atoms with Crippen molar-refractivity contribution >= 4 is 11.7 Å². The van der Waals surface area contributed by atoms with Crippen molar-refractivity contribution in [2.45, 2.75) is 38.8 Å². The summed E-state index contributed by atoms with van der Waals surface area (Å²) in [6, 6.07) is 4.23. The molecule has 7 heteroatoms. The summed E-state index contributed by atoms with van der Waals surface area (Å²) >= 11 is 0. The summed E-state index contributed by atoms with van der Waals surface area (Å²) in [7, 11) is 0. The van der Waals surface area contributed by atoms with Crippen LogP contribution in [0.25, 0.3) is 0 Å². The molecule has 1 aliphatic rings. The van der Waals surface area contributed by atoms with Gasteiger partial charge in [-0.25, -0.2) is 4.79 Å². The fraction of sp³-hybridized carbons (Fsp3) is 0.533. The maximum atomic E-state index is 12.3. The third-order valence-corrected chi connectivity index (χ3v) is 4.12. The second-order valence-corrected chi connectivity index (χ2v) is 5.65. The summed E-state index contributed by atoms with van der Waals surface area (Å²) in [5.74, 6) is 0. The van der Waals surface area contributed by atoms with Crippen molar-refractivity contribution in [3.05, 3.63) is 39.4 Å². The molecule has 120 valence electrons. The Morgan fingerprint density at radius 2 is 2.32 bits per heavy atom. The van der Waals surface area contributed by atoms with Crippen LogP contribution in [0.3, 0.4) is 0 Å². The Labute approximate surface area is 129 Å². The number of nitro benzene ring substituents is 1. The van der Waals surface area contributed by atoms with Gasteiger partial charge in [0.2, 0.25) is 0 Å². The highest BCUT2D eigenvalue weighted by molar-refractivity contribution is 5.75. The zero-order chi connectivity index (χ0) is 16.3. The van der Waals surface area contributed by atoms with Gasteiger partial charge in [0.15, 0.2) is 0 Å². The topological polar surface area (TPSA) is 95.7 Å². The van der Waals surface area contributed by atoms with E-state index in [0.717, 1.165) is 12.8 Å². The van der Waals surface area contributed by atoms with Gasteiger partial charge in [0.05, 0.1) is 23.6 Å². The Morgan fingerprint density at radius 3 is 2.95 bits per heavy atom. The zero-order valence-corrected chi connectivity index (χ0v) is 12.8. The predicted octanol–water partition coefficient (Wildman–Crippen LogP) is 2.13. The van der Waals surface area contributed by atoms with E-state index < -0.39 is 4.92 Å². The predicted molar refractivity (Wildman–Crippen MR) is 81.6 cm³/mol. The van der Waals surface area contributed by atoms with Gasteiger partial charge in [-0.15, -0.1) is 0 Å². The molecular weight excluding hydrogens is 286 g/mol. The van der Waals surface area contributed by atoms with E-state index in [9.17, 15) is 20.0 Å².